The topological polar surface area (TPSA) is 12.0 Å². The lowest BCUT2D eigenvalue weighted by Crippen LogP contribution is -2.09. The molecule has 34 heavy (non-hydrogen) atoms. The molecule has 0 saturated heterocycles. The smallest absolute Gasteiger partial charge is 0.0549 e. The fourth-order valence-electron chi connectivity index (χ4n) is 5.20. The zero-order valence-electron chi connectivity index (χ0n) is 21.5. The van der Waals surface area contributed by atoms with Gasteiger partial charge in [0.2, 0.25) is 0 Å². The van der Waals surface area contributed by atoms with E-state index in [1.165, 1.54) is 61.2 Å². The molecule has 0 saturated carbocycles. The van der Waals surface area contributed by atoms with Crippen molar-refractivity contribution in [3.05, 3.63) is 134 Å². The third-order valence-electron chi connectivity index (χ3n) is 6.49. The van der Waals surface area contributed by atoms with Gasteiger partial charge in [0.1, 0.15) is 0 Å². The molecule has 0 atom stereocenters. The highest BCUT2D eigenvalue weighted by Crippen LogP contribution is 2.39. The van der Waals surface area contributed by atoms with E-state index in [0.717, 1.165) is 11.4 Å². The maximum atomic E-state index is 3.87. The molecule has 0 unspecified atom stereocenters. The molecule has 1 N–H and O–H groups in total. The average molecular weight is 446 g/mol. The standard InChI is InChI=1S/C33H35N/c1-21-13-15-29(16-14-21)34-33(31-26(6)19-23(3)20-27(31)7)32(28-11-9-8-10-12-28)30-24(4)17-22(2)18-25(30)5/h8-20,34H,1-7H3. The van der Waals surface area contributed by atoms with Crippen molar-refractivity contribution in [2.24, 2.45) is 0 Å². The van der Waals surface area contributed by atoms with Crippen LogP contribution in [0.15, 0.2) is 78.9 Å². The van der Waals surface area contributed by atoms with Crippen LogP contribution in [0.2, 0.25) is 0 Å². The van der Waals surface area contributed by atoms with E-state index in [4.69, 9.17) is 0 Å². The molecule has 0 fully saturated rings. The Hall–Kier alpha value is -3.58. The van der Waals surface area contributed by atoms with Crippen molar-refractivity contribution in [1.29, 1.82) is 0 Å². The number of aryl methyl sites for hydroxylation is 7. The van der Waals surface area contributed by atoms with Crippen LogP contribution in [0.25, 0.3) is 11.3 Å². The number of anilines is 1. The van der Waals surface area contributed by atoms with E-state index in [9.17, 15) is 0 Å². The summed E-state index contributed by atoms with van der Waals surface area (Å²) in [6.07, 6.45) is 0. The van der Waals surface area contributed by atoms with Gasteiger partial charge in [-0.3, -0.25) is 0 Å². The number of benzene rings is 4. The van der Waals surface area contributed by atoms with Crippen molar-refractivity contribution in [2.45, 2.75) is 48.5 Å². The molecule has 0 aliphatic carbocycles. The van der Waals surface area contributed by atoms with Crippen LogP contribution < -0.4 is 5.32 Å². The van der Waals surface area contributed by atoms with E-state index >= 15 is 0 Å². The summed E-state index contributed by atoms with van der Waals surface area (Å²) in [6, 6.07) is 28.6. The molecule has 1 nitrogen and oxygen atoms in total. The highest BCUT2D eigenvalue weighted by Gasteiger charge is 2.21. The van der Waals surface area contributed by atoms with Gasteiger partial charge in [0.05, 0.1) is 5.70 Å². The fraction of sp³-hybridized carbons (Fsp3) is 0.212. The number of hydrogen-bond donors (Lipinski definition) is 1. The average Bonchev–Trinajstić information content (AvgIpc) is 2.77. The Balaban J connectivity index is 2.14. The molecule has 172 valence electrons. The lowest BCUT2D eigenvalue weighted by molar-refractivity contribution is 1.26. The zero-order valence-corrected chi connectivity index (χ0v) is 21.5. The molecular weight excluding hydrogens is 410 g/mol. The van der Waals surface area contributed by atoms with Gasteiger partial charge < -0.3 is 5.32 Å². The molecule has 0 heterocycles. The monoisotopic (exact) mass is 445 g/mol. The predicted molar refractivity (Wildman–Crippen MR) is 148 cm³/mol. The molecule has 0 bridgehead atoms. The molecule has 1 heteroatoms. The van der Waals surface area contributed by atoms with E-state index in [1.54, 1.807) is 0 Å². The molecule has 4 rings (SSSR count). The van der Waals surface area contributed by atoms with E-state index in [1.807, 2.05) is 0 Å². The minimum Gasteiger partial charge on any atom is -0.354 e. The van der Waals surface area contributed by atoms with Crippen molar-refractivity contribution >= 4 is 17.0 Å². The lowest BCUT2D eigenvalue weighted by Gasteiger charge is -2.25. The third kappa shape index (κ3) is 4.84. The van der Waals surface area contributed by atoms with Gasteiger partial charge in [0.15, 0.2) is 0 Å². The Morgan fingerprint density at radius 1 is 0.500 bits per heavy atom. The fourth-order valence-corrected chi connectivity index (χ4v) is 5.20. The first-order valence-electron chi connectivity index (χ1n) is 12.0. The van der Waals surface area contributed by atoms with E-state index in [-0.39, 0.29) is 0 Å². The summed E-state index contributed by atoms with van der Waals surface area (Å²) < 4.78 is 0. The van der Waals surface area contributed by atoms with Crippen LogP contribution in [0, 0.1) is 48.5 Å². The van der Waals surface area contributed by atoms with Crippen molar-refractivity contribution < 1.29 is 0 Å². The van der Waals surface area contributed by atoms with Gasteiger partial charge in [0, 0.05) is 16.8 Å². The van der Waals surface area contributed by atoms with Crippen LogP contribution in [0.3, 0.4) is 0 Å². The molecule has 0 spiro atoms. The molecule has 4 aromatic carbocycles. The Morgan fingerprint density at radius 3 is 1.47 bits per heavy atom. The van der Waals surface area contributed by atoms with Gasteiger partial charge in [-0.2, -0.15) is 0 Å². The first-order chi connectivity index (χ1) is 16.2. The highest BCUT2D eigenvalue weighted by atomic mass is 14.9. The van der Waals surface area contributed by atoms with Crippen LogP contribution in [-0.2, 0) is 0 Å². The molecule has 0 amide bonds. The van der Waals surface area contributed by atoms with Crippen molar-refractivity contribution in [3.63, 3.8) is 0 Å². The van der Waals surface area contributed by atoms with Crippen molar-refractivity contribution in [1.82, 2.24) is 0 Å². The van der Waals surface area contributed by atoms with Crippen LogP contribution in [0.4, 0.5) is 5.69 Å². The van der Waals surface area contributed by atoms with Gasteiger partial charge in [-0.1, -0.05) is 83.4 Å². The van der Waals surface area contributed by atoms with Crippen LogP contribution >= 0.6 is 0 Å². The first-order valence-corrected chi connectivity index (χ1v) is 12.0. The summed E-state index contributed by atoms with van der Waals surface area (Å²) in [5, 5.41) is 3.87. The summed E-state index contributed by atoms with van der Waals surface area (Å²) in [4.78, 5) is 0. The molecule has 0 aliphatic rings. The second kappa shape index (κ2) is 9.73. The second-order valence-electron chi connectivity index (χ2n) is 9.65. The summed E-state index contributed by atoms with van der Waals surface area (Å²) in [5.74, 6) is 0. The predicted octanol–water partition coefficient (Wildman–Crippen LogP) is 8.87. The van der Waals surface area contributed by atoms with Crippen LogP contribution in [0.5, 0.6) is 0 Å². The second-order valence-corrected chi connectivity index (χ2v) is 9.65. The maximum absolute atomic E-state index is 3.87. The largest absolute Gasteiger partial charge is 0.354 e. The van der Waals surface area contributed by atoms with Crippen molar-refractivity contribution in [2.75, 3.05) is 5.32 Å². The number of rotatable bonds is 5. The minimum atomic E-state index is 1.09. The Bertz CT molecular complexity index is 1310. The third-order valence-corrected chi connectivity index (χ3v) is 6.49. The van der Waals surface area contributed by atoms with E-state index < -0.39 is 0 Å². The van der Waals surface area contributed by atoms with Crippen LogP contribution in [-0.4, -0.2) is 0 Å². The molecular formula is C33H35N. The van der Waals surface area contributed by atoms with Gasteiger partial charge >= 0.3 is 0 Å². The number of hydrogen-bond acceptors (Lipinski definition) is 1. The van der Waals surface area contributed by atoms with Gasteiger partial charge in [-0.15, -0.1) is 0 Å². The van der Waals surface area contributed by atoms with Gasteiger partial charge in [-0.05, 0) is 94.0 Å². The first kappa shape index (κ1) is 23.6. The molecule has 4 aromatic rings. The van der Waals surface area contributed by atoms with Crippen molar-refractivity contribution in [3.8, 4) is 0 Å². The summed E-state index contributed by atoms with van der Waals surface area (Å²) >= 11 is 0. The summed E-state index contributed by atoms with van der Waals surface area (Å²) in [5.41, 5.74) is 16.3. The van der Waals surface area contributed by atoms with Gasteiger partial charge in [-0.25, -0.2) is 0 Å². The Labute approximate surface area is 205 Å². The quantitative estimate of drug-likeness (QED) is 0.302. The van der Waals surface area contributed by atoms with E-state index in [0.29, 0.717) is 0 Å². The molecule has 0 radical (unpaired) electrons. The summed E-state index contributed by atoms with van der Waals surface area (Å²) in [7, 11) is 0. The lowest BCUT2D eigenvalue weighted by atomic mass is 9.85. The highest BCUT2D eigenvalue weighted by molar-refractivity contribution is 6.04. The normalized spacial score (nSPS) is 11.9. The van der Waals surface area contributed by atoms with Crippen LogP contribution in [0.1, 0.15) is 55.6 Å². The summed E-state index contributed by atoms with van der Waals surface area (Å²) in [6.45, 7) is 15.4. The molecule has 0 aliphatic heterocycles. The minimum absolute atomic E-state index is 1.09. The Kier molecular flexibility index (Phi) is 6.75. The van der Waals surface area contributed by atoms with Gasteiger partial charge in [0.25, 0.3) is 0 Å². The number of nitrogens with one attached hydrogen (secondary N) is 1. The SMILES string of the molecule is Cc1ccc(NC(=C(c2ccccc2)c2c(C)cc(C)cc2C)c2c(C)cc(C)cc2C)cc1. The Morgan fingerprint density at radius 2 is 0.971 bits per heavy atom. The van der Waals surface area contributed by atoms with E-state index in [2.05, 4.69) is 133 Å². The molecule has 0 aromatic heterocycles. The maximum Gasteiger partial charge on any atom is 0.0549 e. The zero-order chi connectivity index (χ0) is 24.4.